The third-order valence-corrected chi connectivity index (χ3v) is 4.78. The van der Waals surface area contributed by atoms with Crippen molar-refractivity contribution in [1.29, 1.82) is 0 Å². The molecule has 4 amide bonds. The summed E-state index contributed by atoms with van der Waals surface area (Å²) in [4.78, 5) is 56.8. The van der Waals surface area contributed by atoms with Gasteiger partial charge in [-0.3, -0.25) is 14.4 Å². The number of nitrogens with two attached hydrogens (primary N) is 1. The first kappa shape index (κ1) is 18.7. The number of cyclic esters (lactones) is 1. The molecule has 5 N–H and O–H groups in total. The average molecular weight is 378 g/mol. The van der Waals surface area contributed by atoms with Gasteiger partial charge in [0.1, 0.15) is 24.2 Å². The Morgan fingerprint density at radius 3 is 2.85 bits per heavy atom. The van der Waals surface area contributed by atoms with Crippen molar-refractivity contribution < 1.29 is 23.9 Å². The molecule has 2 saturated heterocycles. The number of likely N-dealkylation sites (tertiary alicyclic amines) is 1. The van der Waals surface area contributed by atoms with Crippen LogP contribution in [-0.2, 0) is 25.5 Å². The van der Waals surface area contributed by atoms with Gasteiger partial charge in [0, 0.05) is 24.9 Å². The fraction of sp³-hybridized carbons (Fsp3) is 0.562. The Kier molecular flexibility index (Phi) is 5.28. The second kappa shape index (κ2) is 7.64. The van der Waals surface area contributed by atoms with Gasteiger partial charge in [0.05, 0.1) is 6.33 Å². The van der Waals surface area contributed by atoms with E-state index < -0.39 is 48.0 Å². The fourth-order valence-electron chi connectivity index (χ4n) is 3.40. The molecule has 0 saturated carbocycles. The Labute approximate surface area is 155 Å². The summed E-state index contributed by atoms with van der Waals surface area (Å²) in [6.45, 7) is 1.97. The minimum atomic E-state index is -0.942. The number of H-pyrrole nitrogens is 1. The zero-order chi connectivity index (χ0) is 19.6. The van der Waals surface area contributed by atoms with Crippen molar-refractivity contribution in [1.82, 2.24) is 25.5 Å². The zero-order valence-electron chi connectivity index (χ0n) is 14.8. The number of primary amides is 1. The maximum Gasteiger partial charge on any atom is 0.408 e. The van der Waals surface area contributed by atoms with Gasteiger partial charge in [-0.15, -0.1) is 0 Å². The molecule has 0 bridgehead atoms. The fourth-order valence-corrected chi connectivity index (χ4v) is 3.40. The summed E-state index contributed by atoms with van der Waals surface area (Å²) in [5.74, 6) is -1.52. The van der Waals surface area contributed by atoms with Gasteiger partial charge in [-0.2, -0.15) is 0 Å². The number of nitrogens with one attached hydrogen (secondary N) is 3. The molecule has 11 nitrogen and oxygen atoms in total. The highest BCUT2D eigenvalue weighted by molar-refractivity contribution is 5.95. The van der Waals surface area contributed by atoms with Crippen LogP contribution in [0.1, 0.15) is 25.5 Å². The SMILES string of the molecule is CC1OC(=O)NC1C(=O)NC(Cc1cnc[nH]1)C(=O)N1CCCC1C(N)=O. The van der Waals surface area contributed by atoms with Crippen LogP contribution in [0.25, 0.3) is 0 Å². The van der Waals surface area contributed by atoms with E-state index in [1.165, 1.54) is 11.2 Å². The number of carbonyl (C=O) groups is 4. The topological polar surface area (TPSA) is 160 Å². The largest absolute Gasteiger partial charge is 0.444 e. The van der Waals surface area contributed by atoms with E-state index in [2.05, 4.69) is 20.6 Å². The molecule has 11 heteroatoms. The highest BCUT2D eigenvalue weighted by atomic mass is 16.6. The predicted molar refractivity (Wildman–Crippen MR) is 91.0 cm³/mol. The summed E-state index contributed by atoms with van der Waals surface area (Å²) < 4.78 is 4.91. The van der Waals surface area contributed by atoms with Gasteiger partial charge in [-0.05, 0) is 19.8 Å². The highest BCUT2D eigenvalue weighted by Gasteiger charge is 2.40. The first-order valence-corrected chi connectivity index (χ1v) is 8.71. The average Bonchev–Trinajstić information content (AvgIpc) is 3.34. The van der Waals surface area contributed by atoms with Gasteiger partial charge in [-0.1, -0.05) is 0 Å². The monoisotopic (exact) mass is 378 g/mol. The van der Waals surface area contributed by atoms with Crippen LogP contribution in [0.2, 0.25) is 0 Å². The second-order valence-electron chi connectivity index (χ2n) is 6.67. The van der Waals surface area contributed by atoms with Crippen molar-refractivity contribution >= 4 is 23.8 Å². The van der Waals surface area contributed by atoms with E-state index in [0.717, 1.165) is 0 Å². The molecular formula is C16H22N6O5. The van der Waals surface area contributed by atoms with Crippen LogP contribution in [0.4, 0.5) is 4.79 Å². The minimum absolute atomic E-state index is 0.155. The summed E-state index contributed by atoms with van der Waals surface area (Å²) in [5.41, 5.74) is 6.04. The molecule has 146 valence electrons. The summed E-state index contributed by atoms with van der Waals surface area (Å²) in [6.07, 6.45) is 2.97. The number of alkyl carbamates (subject to hydrolysis) is 1. The molecule has 2 aliphatic rings. The van der Waals surface area contributed by atoms with Gasteiger partial charge in [0.25, 0.3) is 0 Å². The predicted octanol–water partition coefficient (Wildman–Crippen LogP) is -1.59. The Morgan fingerprint density at radius 2 is 2.26 bits per heavy atom. The lowest BCUT2D eigenvalue weighted by atomic mass is 10.1. The van der Waals surface area contributed by atoms with Crippen LogP contribution >= 0.6 is 0 Å². The second-order valence-corrected chi connectivity index (χ2v) is 6.67. The van der Waals surface area contributed by atoms with Crippen molar-refractivity contribution in [2.45, 2.75) is 50.4 Å². The molecule has 3 heterocycles. The molecular weight excluding hydrogens is 356 g/mol. The van der Waals surface area contributed by atoms with Crippen LogP contribution in [0.3, 0.4) is 0 Å². The van der Waals surface area contributed by atoms with Crippen molar-refractivity contribution in [2.75, 3.05) is 6.54 Å². The number of carbonyl (C=O) groups excluding carboxylic acids is 4. The molecule has 1 aromatic heterocycles. The van der Waals surface area contributed by atoms with E-state index in [-0.39, 0.29) is 6.42 Å². The number of hydrogen-bond acceptors (Lipinski definition) is 6. The molecule has 4 unspecified atom stereocenters. The van der Waals surface area contributed by atoms with Gasteiger partial charge in [0.15, 0.2) is 0 Å². The minimum Gasteiger partial charge on any atom is -0.444 e. The highest BCUT2D eigenvalue weighted by Crippen LogP contribution is 2.19. The van der Waals surface area contributed by atoms with E-state index in [1.54, 1.807) is 13.1 Å². The normalized spacial score (nSPS) is 25.6. The number of hydrogen-bond donors (Lipinski definition) is 4. The van der Waals surface area contributed by atoms with Crippen molar-refractivity contribution in [3.63, 3.8) is 0 Å². The molecule has 2 aliphatic heterocycles. The molecule has 2 fully saturated rings. The maximum atomic E-state index is 13.0. The maximum absolute atomic E-state index is 13.0. The molecule has 27 heavy (non-hydrogen) atoms. The quantitative estimate of drug-likeness (QED) is 0.467. The summed E-state index contributed by atoms with van der Waals surface area (Å²) in [6, 6.07) is -2.53. The standard InChI is InChI=1S/C16H22N6O5/c1-8-12(21-16(26)27-8)14(24)20-10(5-9-6-18-7-19-9)15(25)22-4-2-3-11(22)13(17)23/h6-8,10-12H,2-5H2,1H3,(H2,17,23)(H,18,19)(H,20,24)(H,21,26). The lowest BCUT2D eigenvalue weighted by Crippen LogP contribution is -2.57. The van der Waals surface area contributed by atoms with E-state index in [0.29, 0.717) is 25.1 Å². The first-order chi connectivity index (χ1) is 12.9. The Morgan fingerprint density at radius 1 is 1.48 bits per heavy atom. The van der Waals surface area contributed by atoms with E-state index in [9.17, 15) is 19.2 Å². The summed E-state index contributed by atoms with van der Waals surface area (Å²) >= 11 is 0. The third-order valence-electron chi connectivity index (χ3n) is 4.78. The van der Waals surface area contributed by atoms with Crippen LogP contribution in [0.15, 0.2) is 12.5 Å². The Hall–Kier alpha value is -3.11. The van der Waals surface area contributed by atoms with Crippen LogP contribution in [0.5, 0.6) is 0 Å². The number of aromatic amines is 1. The summed E-state index contributed by atoms with van der Waals surface area (Å²) in [5, 5.41) is 5.07. The lowest BCUT2D eigenvalue weighted by Gasteiger charge is -2.28. The Bertz CT molecular complexity index is 736. The molecule has 0 spiro atoms. The number of nitrogens with zero attached hydrogens (tertiary/aromatic N) is 2. The van der Waals surface area contributed by atoms with Gasteiger partial charge >= 0.3 is 6.09 Å². The molecule has 0 radical (unpaired) electrons. The number of imidazole rings is 1. The Balaban J connectivity index is 1.76. The van der Waals surface area contributed by atoms with E-state index >= 15 is 0 Å². The molecule has 0 aromatic carbocycles. The van der Waals surface area contributed by atoms with Crippen molar-refractivity contribution in [2.24, 2.45) is 5.73 Å². The van der Waals surface area contributed by atoms with Gasteiger partial charge < -0.3 is 31.0 Å². The number of ether oxygens (including phenoxy) is 1. The number of amides is 4. The molecule has 4 atom stereocenters. The van der Waals surface area contributed by atoms with E-state index in [4.69, 9.17) is 10.5 Å². The third kappa shape index (κ3) is 4.01. The molecule has 3 rings (SSSR count). The van der Waals surface area contributed by atoms with Gasteiger partial charge in [0.2, 0.25) is 17.7 Å². The smallest absolute Gasteiger partial charge is 0.408 e. The molecule has 1 aromatic rings. The number of aromatic nitrogens is 2. The van der Waals surface area contributed by atoms with Gasteiger partial charge in [-0.25, -0.2) is 9.78 Å². The van der Waals surface area contributed by atoms with Crippen molar-refractivity contribution in [3.8, 4) is 0 Å². The van der Waals surface area contributed by atoms with Crippen LogP contribution in [-0.4, -0.2) is 69.5 Å². The lowest BCUT2D eigenvalue weighted by molar-refractivity contribution is -0.141. The zero-order valence-corrected chi connectivity index (χ0v) is 14.8. The van der Waals surface area contributed by atoms with Crippen LogP contribution in [0, 0.1) is 0 Å². The van der Waals surface area contributed by atoms with E-state index in [1.807, 2.05) is 0 Å². The molecule has 0 aliphatic carbocycles. The van der Waals surface area contributed by atoms with Crippen molar-refractivity contribution in [3.05, 3.63) is 18.2 Å². The summed E-state index contributed by atoms with van der Waals surface area (Å²) in [7, 11) is 0. The van der Waals surface area contributed by atoms with Crippen LogP contribution < -0.4 is 16.4 Å². The first-order valence-electron chi connectivity index (χ1n) is 8.71. The number of rotatable bonds is 6.